The lowest BCUT2D eigenvalue weighted by molar-refractivity contribution is 0.0593. The SMILES string of the molecule is COC(=O)c1ccc(N)c(Sc2nc(C)c(C)c(C)n2)n1. The monoisotopic (exact) mass is 304 g/mol. The molecule has 2 aromatic rings. The molecule has 6 nitrogen and oxygen atoms in total. The molecule has 0 aliphatic rings. The van der Waals surface area contributed by atoms with Gasteiger partial charge in [0.2, 0.25) is 0 Å². The Hall–Kier alpha value is -2.15. The van der Waals surface area contributed by atoms with Gasteiger partial charge >= 0.3 is 5.97 Å². The normalized spacial score (nSPS) is 10.5. The van der Waals surface area contributed by atoms with Crippen LogP contribution in [0.5, 0.6) is 0 Å². The van der Waals surface area contributed by atoms with E-state index in [1.54, 1.807) is 6.07 Å². The molecule has 2 N–H and O–H groups in total. The number of esters is 1. The zero-order chi connectivity index (χ0) is 15.6. The average molecular weight is 304 g/mol. The molecule has 0 aliphatic heterocycles. The summed E-state index contributed by atoms with van der Waals surface area (Å²) in [5.74, 6) is -0.506. The van der Waals surface area contributed by atoms with Gasteiger partial charge in [-0.2, -0.15) is 0 Å². The Morgan fingerprint density at radius 3 is 2.33 bits per heavy atom. The van der Waals surface area contributed by atoms with Crippen LogP contribution in [-0.4, -0.2) is 28.0 Å². The van der Waals surface area contributed by atoms with E-state index in [9.17, 15) is 4.79 Å². The van der Waals surface area contributed by atoms with Gasteiger partial charge in [-0.3, -0.25) is 0 Å². The van der Waals surface area contributed by atoms with Gasteiger partial charge in [0.05, 0.1) is 12.8 Å². The van der Waals surface area contributed by atoms with E-state index in [1.165, 1.54) is 24.9 Å². The highest BCUT2D eigenvalue weighted by Crippen LogP contribution is 2.29. The minimum atomic E-state index is -0.506. The van der Waals surface area contributed by atoms with Crippen molar-refractivity contribution < 1.29 is 9.53 Å². The van der Waals surface area contributed by atoms with Gasteiger partial charge in [-0.15, -0.1) is 0 Å². The summed E-state index contributed by atoms with van der Waals surface area (Å²) in [6, 6.07) is 3.15. The summed E-state index contributed by atoms with van der Waals surface area (Å²) in [5, 5.41) is 1.04. The fraction of sp³-hybridized carbons (Fsp3) is 0.286. The van der Waals surface area contributed by atoms with E-state index in [-0.39, 0.29) is 5.69 Å². The minimum Gasteiger partial charge on any atom is -0.464 e. The topological polar surface area (TPSA) is 91.0 Å². The number of aryl methyl sites for hydroxylation is 2. The molecule has 0 amide bonds. The number of rotatable bonds is 3. The number of ether oxygens (including phenoxy) is 1. The third-order valence-corrected chi connectivity index (χ3v) is 3.97. The van der Waals surface area contributed by atoms with Crippen LogP contribution in [0.3, 0.4) is 0 Å². The smallest absolute Gasteiger partial charge is 0.356 e. The highest BCUT2D eigenvalue weighted by Gasteiger charge is 2.13. The molecule has 0 unspecified atom stereocenters. The van der Waals surface area contributed by atoms with Crippen LogP contribution in [-0.2, 0) is 4.74 Å². The number of methoxy groups -OCH3 is 1. The molecular formula is C14H16N4O2S. The molecule has 2 rings (SSSR count). The summed E-state index contributed by atoms with van der Waals surface area (Å²) < 4.78 is 4.65. The van der Waals surface area contributed by atoms with Crippen molar-refractivity contribution in [3.63, 3.8) is 0 Å². The number of hydrogen-bond acceptors (Lipinski definition) is 7. The lowest BCUT2D eigenvalue weighted by atomic mass is 10.2. The second kappa shape index (κ2) is 6.09. The third-order valence-electron chi connectivity index (χ3n) is 3.08. The van der Waals surface area contributed by atoms with E-state index >= 15 is 0 Å². The highest BCUT2D eigenvalue weighted by atomic mass is 32.2. The van der Waals surface area contributed by atoms with Gasteiger partial charge < -0.3 is 10.5 Å². The zero-order valence-corrected chi connectivity index (χ0v) is 13.1. The van der Waals surface area contributed by atoms with E-state index < -0.39 is 5.97 Å². The number of carbonyl (C=O) groups is 1. The second-order valence-corrected chi connectivity index (χ2v) is 5.44. The summed E-state index contributed by atoms with van der Waals surface area (Å²) in [5.41, 5.74) is 9.44. The first-order valence-electron chi connectivity index (χ1n) is 6.27. The van der Waals surface area contributed by atoms with Crippen molar-refractivity contribution in [2.24, 2.45) is 0 Å². The van der Waals surface area contributed by atoms with Crippen LogP contribution in [0, 0.1) is 20.8 Å². The summed E-state index contributed by atoms with van der Waals surface area (Å²) in [6.07, 6.45) is 0. The predicted octanol–water partition coefficient (Wildman–Crippen LogP) is 2.32. The Labute approximate surface area is 127 Å². The van der Waals surface area contributed by atoms with Crippen LogP contribution in [0.2, 0.25) is 0 Å². The number of pyridine rings is 1. The lowest BCUT2D eigenvalue weighted by Crippen LogP contribution is -2.06. The van der Waals surface area contributed by atoms with Gasteiger partial charge in [-0.1, -0.05) is 0 Å². The maximum atomic E-state index is 11.5. The Morgan fingerprint density at radius 1 is 1.14 bits per heavy atom. The number of nitrogens with two attached hydrogens (primary N) is 1. The van der Waals surface area contributed by atoms with Crippen LogP contribution in [0.15, 0.2) is 22.3 Å². The molecule has 0 saturated heterocycles. The summed E-state index contributed by atoms with van der Waals surface area (Å²) in [6.45, 7) is 5.83. The summed E-state index contributed by atoms with van der Waals surface area (Å²) in [4.78, 5) is 24.5. The van der Waals surface area contributed by atoms with Crippen LogP contribution >= 0.6 is 11.8 Å². The Balaban J connectivity index is 2.37. The van der Waals surface area contributed by atoms with Crippen LogP contribution in [0.4, 0.5) is 5.69 Å². The van der Waals surface area contributed by atoms with E-state index in [0.717, 1.165) is 17.0 Å². The number of anilines is 1. The molecule has 0 saturated carbocycles. The average Bonchev–Trinajstić information content (AvgIpc) is 2.46. The van der Waals surface area contributed by atoms with E-state index in [1.807, 2.05) is 20.8 Å². The molecule has 0 spiro atoms. The van der Waals surface area contributed by atoms with Crippen LogP contribution < -0.4 is 5.73 Å². The Kier molecular flexibility index (Phi) is 4.42. The number of carbonyl (C=O) groups excluding carboxylic acids is 1. The summed E-state index contributed by atoms with van der Waals surface area (Å²) >= 11 is 1.23. The predicted molar refractivity (Wildman–Crippen MR) is 80.4 cm³/mol. The lowest BCUT2D eigenvalue weighted by Gasteiger charge is -2.08. The Bertz CT molecular complexity index is 680. The van der Waals surface area contributed by atoms with Gasteiger partial charge in [0.15, 0.2) is 5.16 Å². The molecule has 0 atom stereocenters. The second-order valence-electron chi connectivity index (χ2n) is 4.49. The van der Waals surface area contributed by atoms with Crippen molar-refractivity contribution in [2.45, 2.75) is 31.0 Å². The molecule has 0 radical (unpaired) electrons. The van der Waals surface area contributed by atoms with E-state index in [0.29, 0.717) is 15.9 Å². The molecule has 21 heavy (non-hydrogen) atoms. The summed E-state index contributed by atoms with van der Waals surface area (Å²) in [7, 11) is 1.31. The fourth-order valence-electron chi connectivity index (χ4n) is 1.62. The first kappa shape index (κ1) is 15.2. The number of nitrogens with zero attached hydrogens (tertiary/aromatic N) is 3. The van der Waals surface area contributed by atoms with Crippen molar-refractivity contribution in [1.82, 2.24) is 15.0 Å². The van der Waals surface area contributed by atoms with Gasteiger partial charge in [0.25, 0.3) is 0 Å². The third kappa shape index (κ3) is 3.30. The standard InChI is InChI=1S/C14H16N4O2S/c1-7-8(2)16-14(17-9(7)3)21-12-10(15)5-6-11(18-12)13(19)20-4/h5-6H,15H2,1-4H3. The molecule has 0 aliphatic carbocycles. The quantitative estimate of drug-likeness (QED) is 0.687. The van der Waals surface area contributed by atoms with Gasteiger partial charge in [-0.25, -0.2) is 19.7 Å². The number of nitrogen functional groups attached to an aromatic ring is 1. The van der Waals surface area contributed by atoms with Crippen molar-refractivity contribution in [3.8, 4) is 0 Å². The van der Waals surface area contributed by atoms with Crippen molar-refractivity contribution >= 4 is 23.4 Å². The maximum Gasteiger partial charge on any atom is 0.356 e. The minimum absolute atomic E-state index is 0.203. The molecule has 2 heterocycles. The number of hydrogen-bond donors (Lipinski definition) is 1. The number of aromatic nitrogens is 3. The Morgan fingerprint density at radius 2 is 1.76 bits per heavy atom. The molecule has 0 fully saturated rings. The van der Waals surface area contributed by atoms with E-state index in [2.05, 4.69) is 19.7 Å². The molecule has 0 aromatic carbocycles. The van der Waals surface area contributed by atoms with E-state index in [4.69, 9.17) is 5.73 Å². The molecule has 110 valence electrons. The molecule has 7 heteroatoms. The van der Waals surface area contributed by atoms with Crippen molar-refractivity contribution in [2.75, 3.05) is 12.8 Å². The molecular weight excluding hydrogens is 288 g/mol. The van der Waals surface area contributed by atoms with Crippen LogP contribution in [0.1, 0.15) is 27.4 Å². The van der Waals surface area contributed by atoms with Crippen molar-refractivity contribution in [1.29, 1.82) is 0 Å². The van der Waals surface area contributed by atoms with Gasteiger partial charge in [-0.05, 0) is 50.2 Å². The first-order chi connectivity index (χ1) is 9.92. The van der Waals surface area contributed by atoms with Gasteiger partial charge in [0.1, 0.15) is 10.7 Å². The zero-order valence-electron chi connectivity index (χ0n) is 12.3. The fourth-order valence-corrected chi connectivity index (χ4v) is 2.49. The van der Waals surface area contributed by atoms with Crippen LogP contribution in [0.25, 0.3) is 0 Å². The molecule has 2 aromatic heterocycles. The van der Waals surface area contributed by atoms with Gasteiger partial charge in [0, 0.05) is 11.4 Å². The maximum absolute atomic E-state index is 11.5. The first-order valence-corrected chi connectivity index (χ1v) is 7.08. The highest BCUT2D eigenvalue weighted by molar-refractivity contribution is 7.99. The molecule has 0 bridgehead atoms. The largest absolute Gasteiger partial charge is 0.464 e. The van der Waals surface area contributed by atoms with Crippen molar-refractivity contribution in [3.05, 3.63) is 34.8 Å².